The van der Waals surface area contributed by atoms with Gasteiger partial charge in [0.2, 0.25) is 0 Å². The third kappa shape index (κ3) is 5.86. The van der Waals surface area contributed by atoms with Crippen molar-refractivity contribution in [3.8, 4) is 0 Å². The highest BCUT2D eigenvalue weighted by molar-refractivity contribution is 7.92. The van der Waals surface area contributed by atoms with Crippen LogP contribution in [-0.4, -0.2) is 20.4 Å². The van der Waals surface area contributed by atoms with E-state index >= 15 is 0 Å². The Kier molecular flexibility index (Phi) is 6.85. The van der Waals surface area contributed by atoms with Crippen molar-refractivity contribution in [1.29, 1.82) is 0 Å². The summed E-state index contributed by atoms with van der Waals surface area (Å²) in [6.45, 7) is 5.67. The maximum absolute atomic E-state index is 12.9. The van der Waals surface area contributed by atoms with Gasteiger partial charge in [0, 0.05) is 11.6 Å². The van der Waals surface area contributed by atoms with Gasteiger partial charge >= 0.3 is 6.18 Å². The van der Waals surface area contributed by atoms with Crippen molar-refractivity contribution >= 4 is 33.2 Å². The maximum atomic E-state index is 12.9. The van der Waals surface area contributed by atoms with Crippen LogP contribution < -0.4 is 10.0 Å². The SMILES string of the molecule is CC(C)C(C)NC(=O)c1cccc(S(=O)(=O)Nc2cc(C(F)(F)F)ccc2Cl)c1. The van der Waals surface area contributed by atoms with Crippen LogP contribution in [0.25, 0.3) is 0 Å². The highest BCUT2D eigenvalue weighted by Crippen LogP contribution is 2.34. The topological polar surface area (TPSA) is 75.3 Å². The Bertz CT molecular complexity index is 1010. The fraction of sp³-hybridized carbons (Fsp3) is 0.316. The summed E-state index contributed by atoms with van der Waals surface area (Å²) in [4.78, 5) is 12.1. The predicted octanol–water partition coefficient (Wildman–Crippen LogP) is 4.93. The summed E-state index contributed by atoms with van der Waals surface area (Å²) in [5, 5.41) is 2.56. The molecule has 10 heteroatoms. The van der Waals surface area contributed by atoms with Gasteiger partial charge in [-0.3, -0.25) is 9.52 Å². The number of alkyl halides is 3. The van der Waals surface area contributed by atoms with E-state index < -0.39 is 33.4 Å². The Balaban J connectivity index is 2.32. The smallest absolute Gasteiger partial charge is 0.349 e. The largest absolute Gasteiger partial charge is 0.416 e. The van der Waals surface area contributed by atoms with Crippen LogP contribution in [0.5, 0.6) is 0 Å². The molecule has 2 aromatic rings. The molecule has 2 rings (SSSR count). The molecule has 0 aliphatic heterocycles. The second-order valence-corrected chi connectivity index (χ2v) is 8.92. The Morgan fingerprint density at radius 2 is 1.72 bits per heavy atom. The second-order valence-electron chi connectivity index (χ2n) is 6.83. The number of rotatable bonds is 6. The fourth-order valence-electron chi connectivity index (χ4n) is 2.24. The third-order valence-corrected chi connectivity index (χ3v) is 6.00. The molecule has 5 nitrogen and oxygen atoms in total. The van der Waals surface area contributed by atoms with Gasteiger partial charge in [-0.05, 0) is 49.2 Å². The molecular weight excluding hydrogens is 429 g/mol. The minimum atomic E-state index is -4.66. The zero-order chi connectivity index (χ0) is 22.0. The number of halogens is 4. The highest BCUT2D eigenvalue weighted by Gasteiger charge is 2.31. The molecule has 29 heavy (non-hydrogen) atoms. The molecule has 0 aliphatic rings. The van der Waals surface area contributed by atoms with Crippen LogP contribution in [0.3, 0.4) is 0 Å². The van der Waals surface area contributed by atoms with E-state index in [1.54, 1.807) is 0 Å². The number of hydrogen-bond donors (Lipinski definition) is 2. The molecule has 0 radical (unpaired) electrons. The van der Waals surface area contributed by atoms with Crippen LogP contribution in [0.2, 0.25) is 5.02 Å². The zero-order valence-corrected chi connectivity index (χ0v) is 17.4. The molecule has 1 amide bonds. The number of carbonyl (C=O) groups is 1. The van der Waals surface area contributed by atoms with E-state index in [4.69, 9.17) is 11.6 Å². The first-order valence-corrected chi connectivity index (χ1v) is 10.5. The van der Waals surface area contributed by atoms with Crippen LogP contribution in [0, 0.1) is 5.92 Å². The number of anilines is 1. The van der Waals surface area contributed by atoms with Gasteiger partial charge in [-0.1, -0.05) is 31.5 Å². The third-order valence-electron chi connectivity index (χ3n) is 4.30. The number of sulfonamides is 1. The first-order chi connectivity index (χ1) is 13.3. The normalized spacial score (nSPS) is 13.2. The van der Waals surface area contributed by atoms with E-state index in [0.29, 0.717) is 6.07 Å². The first-order valence-electron chi connectivity index (χ1n) is 8.62. The van der Waals surface area contributed by atoms with Crippen LogP contribution in [0.4, 0.5) is 18.9 Å². The molecule has 1 unspecified atom stereocenters. The number of amides is 1. The van der Waals surface area contributed by atoms with E-state index in [2.05, 4.69) is 5.32 Å². The molecule has 2 aromatic carbocycles. The van der Waals surface area contributed by atoms with Crippen LogP contribution in [-0.2, 0) is 16.2 Å². The quantitative estimate of drug-likeness (QED) is 0.657. The molecule has 158 valence electrons. The minimum absolute atomic E-state index is 0.107. The lowest BCUT2D eigenvalue weighted by molar-refractivity contribution is -0.137. The van der Waals surface area contributed by atoms with Crippen LogP contribution in [0.15, 0.2) is 47.4 Å². The van der Waals surface area contributed by atoms with Crippen LogP contribution in [0.1, 0.15) is 36.7 Å². The predicted molar refractivity (Wildman–Crippen MR) is 105 cm³/mol. The molecular formula is C19H20ClF3N2O3S. The van der Waals surface area contributed by atoms with Crippen molar-refractivity contribution in [2.45, 2.75) is 37.9 Å². The molecule has 0 bridgehead atoms. The van der Waals surface area contributed by atoms with Crippen molar-refractivity contribution in [2.75, 3.05) is 4.72 Å². The number of hydrogen-bond acceptors (Lipinski definition) is 3. The summed E-state index contributed by atoms with van der Waals surface area (Å²) in [5.74, 6) is -0.282. The molecule has 1 atom stereocenters. The highest BCUT2D eigenvalue weighted by atomic mass is 35.5. The van der Waals surface area contributed by atoms with Crippen molar-refractivity contribution < 1.29 is 26.4 Å². The second kappa shape index (κ2) is 8.62. The van der Waals surface area contributed by atoms with Gasteiger partial charge in [0.25, 0.3) is 15.9 Å². The van der Waals surface area contributed by atoms with Gasteiger partial charge in [0.05, 0.1) is 21.2 Å². The summed E-state index contributed by atoms with van der Waals surface area (Å²) in [7, 11) is -4.28. The van der Waals surface area contributed by atoms with Crippen molar-refractivity contribution in [2.24, 2.45) is 5.92 Å². The monoisotopic (exact) mass is 448 g/mol. The van der Waals surface area contributed by atoms with Crippen molar-refractivity contribution in [3.63, 3.8) is 0 Å². The Morgan fingerprint density at radius 1 is 1.07 bits per heavy atom. The maximum Gasteiger partial charge on any atom is 0.416 e. The summed E-state index contributed by atoms with van der Waals surface area (Å²) in [6.07, 6.45) is -4.66. The Labute approximate surface area is 172 Å². The Morgan fingerprint density at radius 3 is 2.31 bits per heavy atom. The van der Waals surface area contributed by atoms with Crippen LogP contribution >= 0.6 is 11.6 Å². The standard InChI is InChI=1S/C19H20ClF3N2O3S/c1-11(2)12(3)24-18(26)13-5-4-6-15(9-13)29(27,28)25-17-10-14(19(21,22)23)7-8-16(17)20/h4-12,25H,1-3H3,(H,24,26). The van der Waals surface area contributed by atoms with E-state index in [9.17, 15) is 26.4 Å². The lowest BCUT2D eigenvalue weighted by atomic mass is 10.1. The van der Waals surface area contributed by atoms with Gasteiger partial charge in [0.1, 0.15) is 0 Å². The molecule has 0 aromatic heterocycles. The zero-order valence-electron chi connectivity index (χ0n) is 15.8. The molecule has 0 fully saturated rings. The van der Waals surface area contributed by atoms with Gasteiger partial charge < -0.3 is 5.32 Å². The Hall–Kier alpha value is -2.26. The van der Waals surface area contributed by atoms with E-state index in [0.717, 1.165) is 18.2 Å². The first kappa shape index (κ1) is 23.0. The summed E-state index contributed by atoms with van der Waals surface area (Å²) in [6, 6.07) is 7.38. The average molecular weight is 449 g/mol. The molecule has 2 N–H and O–H groups in total. The van der Waals surface area contributed by atoms with Gasteiger partial charge in [0.15, 0.2) is 0 Å². The van der Waals surface area contributed by atoms with Crippen molar-refractivity contribution in [3.05, 3.63) is 58.6 Å². The lowest BCUT2D eigenvalue weighted by Crippen LogP contribution is -2.36. The van der Waals surface area contributed by atoms with Gasteiger partial charge in [-0.25, -0.2) is 8.42 Å². The van der Waals surface area contributed by atoms with E-state index in [-0.39, 0.29) is 27.4 Å². The number of carbonyl (C=O) groups excluding carboxylic acids is 1. The molecule has 0 saturated heterocycles. The molecule has 0 heterocycles. The minimum Gasteiger partial charge on any atom is -0.349 e. The van der Waals surface area contributed by atoms with Gasteiger partial charge in [-0.15, -0.1) is 0 Å². The molecule has 0 saturated carbocycles. The fourth-order valence-corrected chi connectivity index (χ4v) is 3.58. The van der Waals surface area contributed by atoms with Crippen molar-refractivity contribution in [1.82, 2.24) is 5.32 Å². The number of benzene rings is 2. The lowest BCUT2D eigenvalue weighted by Gasteiger charge is -2.18. The van der Waals surface area contributed by atoms with E-state index in [1.165, 1.54) is 18.2 Å². The summed E-state index contributed by atoms with van der Waals surface area (Å²) < 4.78 is 66.0. The summed E-state index contributed by atoms with van der Waals surface area (Å²) >= 11 is 5.85. The summed E-state index contributed by atoms with van der Waals surface area (Å²) in [5.41, 5.74) is -1.35. The average Bonchev–Trinajstić information content (AvgIpc) is 2.62. The van der Waals surface area contributed by atoms with Gasteiger partial charge in [-0.2, -0.15) is 13.2 Å². The van der Waals surface area contributed by atoms with E-state index in [1.807, 2.05) is 25.5 Å². The number of nitrogens with one attached hydrogen (secondary N) is 2. The molecule has 0 spiro atoms. The molecule has 0 aliphatic carbocycles.